The first-order valence-electron chi connectivity index (χ1n) is 6.18. The zero-order valence-corrected chi connectivity index (χ0v) is 14.0. The molecule has 1 fully saturated rings. The number of sulfonamides is 1. The van der Waals surface area contributed by atoms with Crippen LogP contribution in [-0.2, 0) is 19.6 Å². The van der Waals surface area contributed by atoms with Crippen LogP contribution in [0.4, 0.5) is 0 Å². The van der Waals surface area contributed by atoms with Gasteiger partial charge >= 0.3 is 5.97 Å². The second kappa shape index (κ2) is 5.26. The van der Waals surface area contributed by atoms with Crippen molar-refractivity contribution in [3.05, 3.63) is 0 Å². The molecule has 0 N–H and O–H groups in total. The van der Waals surface area contributed by atoms with Crippen LogP contribution in [0, 0.1) is 0 Å². The lowest BCUT2D eigenvalue weighted by molar-refractivity contribution is -0.160. The van der Waals surface area contributed by atoms with Crippen molar-refractivity contribution in [3.8, 4) is 0 Å². The Hall–Kier alpha value is -0.270. The summed E-state index contributed by atoms with van der Waals surface area (Å²) in [6.07, 6.45) is 1.14. The maximum absolute atomic E-state index is 12.3. The molecule has 7 heteroatoms. The van der Waals surface area contributed by atoms with E-state index >= 15 is 0 Å². The van der Waals surface area contributed by atoms with Gasteiger partial charge in [-0.05, 0) is 34.6 Å². The van der Waals surface area contributed by atoms with E-state index in [9.17, 15) is 13.2 Å². The third-order valence-corrected chi connectivity index (χ3v) is 5.39. The van der Waals surface area contributed by atoms with E-state index < -0.39 is 32.4 Å². The highest BCUT2D eigenvalue weighted by Crippen LogP contribution is 2.37. The number of thioether (sulfide) groups is 1. The van der Waals surface area contributed by atoms with Crippen molar-refractivity contribution in [1.29, 1.82) is 0 Å². The monoisotopic (exact) mass is 309 g/mol. The molecular formula is C12H23NO4S2. The predicted molar refractivity (Wildman–Crippen MR) is 77.7 cm³/mol. The van der Waals surface area contributed by atoms with Gasteiger partial charge in [-0.2, -0.15) is 16.1 Å². The molecule has 0 aromatic rings. The molecule has 1 unspecified atom stereocenters. The van der Waals surface area contributed by atoms with Crippen molar-refractivity contribution < 1.29 is 17.9 Å². The fourth-order valence-corrected chi connectivity index (χ4v) is 4.60. The molecule has 0 amide bonds. The first-order chi connectivity index (χ1) is 8.34. The number of ether oxygens (including phenoxy) is 1. The summed E-state index contributed by atoms with van der Waals surface area (Å²) < 4.78 is 29.9. The number of hydrogen-bond donors (Lipinski definition) is 0. The smallest absolute Gasteiger partial charge is 0.326 e. The van der Waals surface area contributed by atoms with E-state index in [1.54, 1.807) is 32.5 Å². The number of carbonyl (C=O) groups excluding carboxylic acids is 1. The fourth-order valence-electron chi connectivity index (χ4n) is 2.07. The number of hydrogen-bond acceptors (Lipinski definition) is 5. The summed E-state index contributed by atoms with van der Waals surface area (Å²) in [6, 6.07) is -0.777. The van der Waals surface area contributed by atoms with Gasteiger partial charge in [-0.15, -0.1) is 0 Å². The molecular weight excluding hydrogens is 286 g/mol. The maximum atomic E-state index is 12.3. The van der Waals surface area contributed by atoms with E-state index in [0.717, 1.165) is 6.26 Å². The van der Waals surface area contributed by atoms with Gasteiger partial charge < -0.3 is 4.74 Å². The molecule has 0 spiro atoms. The molecule has 1 heterocycles. The zero-order chi connectivity index (χ0) is 15.1. The molecule has 5 nitrogen and oxygen atoms in total. The molecule has 112 valence electrons. The maximum Gasteiger partial charge on any atom is 0.326 e. The fraction of sp³-hybridized carbons (Fsp3) is 0.917. The van der Waals surface area contributed by atoms with Crippen molar-refractivity contribution in [2.45, 2.75) is 51.0 Å². The van der Waals surface area contributed by atoms with E-state index in [4.69, 9.17) is 4.74 Å². The number of rotatable bonds is 2. The Morgan fingerprint density at radius 3 is 2.32 bits per heavy atom. The zero-order valence-electron chi connectivity index (χ0n) is 12.4. The van der Waals surface area contributed by atoms with Crippen molar-refractivity contribution in [2.24, 2.45) is 0 Å². The van der Waals surface area contributed by atoms with Crippen molar-refractivity contribution in [3.63, 3.8) is 0 Å². The van der Waals surface area contributed by atoms with Gasteiger partial charge in [-0.25, -0.2) is 8.42 Å². The van der Waals surface area contributed by atoms with Gasteiger partial charge in [-0.3, -0.25) is 4.79 Å². The Bertz CT molecular complexity index is 451. The van der Waals surface area contributed by atoms with Gasteiger partial charge in [0.15, 0.2) is 0 Å². The van der Waals surface area contributed by atoms with E-state index in [-0.39, 0.29) is 0 Å². The van der Waals surface area contributed by atoms with E-state index in [2.05, 4.69) is 0 Å². The van der Waals surface area contributed by atoms with Crippen LogP contribution in [-0.4, -0.2) is 53.6 Å². The molecule has 0 aliphatic carbocycles. The van der Waals surface area contributed by atoms with Crippen LogP contribution >= 0.6 is 11.8 Å². The van der Waals surface area contributed by atoms with Crippen LogP contribution in [0.5, 0.6) is 0 Å². The average molecular weight is 309 g/mol. The molecule has 1 rings (SSSR count). The normalized spacial score (nSPS) is 25.1. The second-order valence-electron chi connectivity index (χ2n) is 6.26. The largest absolute Gasteiger partial charge is 0.459 e. The molecule has 1 aliphatic heterocycles. The highest BCUT2D eigenvalue weighted by atomic mass is 32.2. The summed E-state index contributed by atoms with van der Waals surface area (Å²) in [5.74, 6) is 0.203. The summed E-state index contributed by atoms with van der Waals surface area (Å²) in [6.45, 7) is 9.43. The standard InChI is InChI=1S/C12H23NO4S2/c1-11(2,3)17-10(14)9-12(4,5)18-8-7-13(9)19(6,15)16/h9H,7-8H2,1-6H3. The predicted octanol–water partition coefficient (Wildman–Crippen LogP) is 1.48. The van der Waals surface area contributed by atoms with Gasteiger partial charge in [0.25, 0.3) is 0 Å². The minimum Gasteiger partial charge on any atom is -0.459 e. The molecule has 0 saturated carbocycles. The van der Waals surface area contributed by atoms with Crippen LogP contribution in [0.3, 0.4) is 0 Å². The molecule has 1 atom stereocenters. The van der Waals surface area contributed by atoms with Gasteiger partial charge in [0.05, 0.1) is 6.26 Å². The third-order valence-electron chi connectivity index (χ3n) is 2.79. The highest BCUT2D eigenvalue weighted by molar-refractivity contribution is 8.00. The SMILES string of the molecule is CC(C)(C)OC(=O)C1N(S(C)(=O)=O)CCSC1(C)C. The van der Waals surface area contributed by atoms with Crippen LogP contribution in [0.2, 0.25) is 0 Å². The van der Waals surface area contributed by atoms with Crippen molar-refractivity contribution in [2.75, 3.05) is 18.6 Å². The average Bonchev–Trinajstić information content (AvgIpc) is 2.10. The van der Waals surface area contributed by atoms with Crippen molar-refractivity contribution in [1.82, 2.24) is 4.31 Å². The lowest BCUT2D eigenvalue weighted by Gasteiger charge is -2.43. The third kappa shape index (κ3) is 4.36. The molecule has 1 aliphatic rings. The molecule has 1 saturated heterocycles. The first kappa shape index (κ1) is 16.8. The second-order valence-corrected chi connectivity index (χ2v) is 9.95. The van der Waals surface area contributed by atoms with Gasteiger partial charge in [-0.1, -0.05) is 0 Å². The Kier molecular flexibility index (Phi) is 4.64. The van der Waals surface area contributed by atoms with Gasteiger partial charge in [0.2, 0.25) is 10.0 Å². The molecule has 0 radical (unpaired) electrons. The number of carbonyl (C=O) groups is 1. The summed E-state index contributed by atoms with van der Waals surface area (Å²) in [4.78, 5) is 12.3. The molecule has 0 aromatic carbocycles. The minimum atomic E-state index is -3.43. The van der Waals surface area contributed by atoms with Crippen molar-refractivity contribution >= 4 is 27.8 Å². The van der Waals surface area contributed by atoms with Gasteiger partial charge in [0.1, 0.15) is 11.6 Å². The summed E-state index contributed by atoms with van der Waals surface area (Å²) in [5, 5.41) is 0. The molecule has 0 bridgehead atoms. The Labute approximate surface area is 120 Å². The van der Waals surface area contributed by atoms with E-state index in [0.29, 0.717) is 12.3 Å². The van der Waals surface area contributed by atoms with Crippen LogP contribution in [0.15, 0.2) is 0 Å². The van der Waals surface area contributed by atoms with Crippen LogP contribution in [0.25, 0.3) is 0 Å². The molecule has 19 heavy (non-hydrogen) atoms. The highest BCUT2D eigenvalue weighted by Gasteiger charge is 2.48. The summed E-state index contributed by atoms with van der Waals surface area (Å²) in [5.41, 5.74) is -0.627. The van der Waals surface area contributed by atoms with Crippen LogP contribution < -0.4 is 0 Å². The Morgan fingerprint density at radius 1 is 1.37 bits per heavy atom. The number of esters is 1. The summed E-state index contributed by atoms with van der Waals surface area (Å²) >= 11 is 1.60. The van der Waals surface area contributed by atoms with Gasteiger partial charge in [0, 0.05) is 17.0 Å². The Morgan fingerprint density at radius 2 is 1.89 bits per heavy atom. The van der Waals surface area contributed by atoms with E-state index in [1.165, 1.54) is 4.31 Å². The number of nitrogens with zero attached hydrogens (tertiary/aromatic N) is 1. The molecule has 0 aromatic heterocycles. The topological polar surface area (TPSA) is 63.7 Å². The lowest BCUT2D eigenvalue weighted by Crippen LogP contribution is -2.59. The van der Waals surface area contributed by atoms with E-state index in [1.807, 2.05) is 13.8 Å². The quantitative estimate of drug-likeness (QED) is 0.723. The lowest BCUT2D eigenvalue weighted by atomic mass is 10.0. The van der Waals surface area contributed by atoms with Crippen LogP contribution in [0.1, 0.15) is 34.6 Å². The first-order valence-corrected chi connectivity index (χ1v) is 9.02. The minimum absolute atomic E-state index is 0.344. The summed E-state index contributed by atoms with van der Waals surface area (Å²) in [7, 11) is -3.43. The Balaban J connectivity index is 3.10.